The highest BCUT2D eigenvalue weighted by atomic mass is 35.5. The molecule has 1 saturated carbocycles. The van der Waals surface area contributed by atoms with E-state index in [1.807, 2.05) is 13.8 Å². The van der Waals surface area contributed by atoms with Gasteiger partial charge in [0, 0.05) is 11.5 Å². The van der Waals surface area contributed by atoms with Crippen molar-refractivity contribution in [3.05, 3.63) is 28.0 Å². The van der Waals surface area contributed by atoms with Crippen LogP contribution in [0.1, 0.15) is 30.9 Å². The smallest absolute Gasteiger partial charge is 0.173 e. The first kappa shape index (κ1) is 12.7. The zero-order valence-corrected chi connectivity index (χ0v) is 11.1. The van der Waals surface area contributed by atoms with Crippen molar-refractivity contribution in [1.29, 1.82) is 0 Å². The van der Waals surface area contributed by atoms with Crippen LogP contribution < -0.4 is 10.5 Å². The standard InChI is InChI=1S/C13H17ClFNO/c1-7-6-9(13(4-5-13)8(2)16)11(15)12(17-3)10(7)14/h6,8H,4-5,16H2,1-3H3. The Bertz CT molecular complexity index is 455. The number of benzene rings is 1. The molecule has 17 heavy (non-hydrogen) atoms. The van der Waals surface area contributed by atoms with Gasteiger partial charge in [0.05, 0.1) is 12.1 Å². The maximum absolute atomic E-state index is 14.3. The fourth-order valence-electron chi connectivity index (χ4n) is 2.39. The molecule has 1 fully saturated rings. The molecule has 1 aromatic rings. The summed E-state index contributed by atoms with van der Waals surface area (Å²) in [5.74, 6) is -0.230. The Hall–Kier alpha value is -0.800. The third-order valence-electron chi connectivity index (χ3n) is 3.74. The number of methoxy groups -OCH3 is 1. The predicted octanol–water partition coefficient (Wildman–Crippen LogP) is 3.17. The highest BCUT2D eigenvalue weighted by molar-refractivity contribution is 6.32. The molecule has 1 aromatic carbocycles. The summed E-state index contributed by atoms with van der Waals surface area (Å²) >= 11 is 6.02. The van der Waals surface area contributed by atoms with Gasteiger partial charge in [0.2, 0.25) is 0 Å². The summed E-state index contributed by atoms with van der Waals surface area (Å²) in [5, 5.41) is 0.342. The van der Waals surface area contributed by atoms with E-state index in [1.165, 1.54) is 7.11 Å². The van der Waals surface area contributed by atoms with E-state index in [0.29, 0.717) is 10.6 Å². The molecule has 0 aliphatic heterocycles. The Labute approximate surface area is 106 Å². The Morgan fingerprint density at radius 1 is 1.53 bits per heavy atom. The second-order valence-corrected chi connectivity index (χ2v) is 5.23. The fourth-order valence-corrected chi connectivity index (χ4v) is 2.60. The molecule has 0 bridgehead atoms. The van der Waals surface area contributed by atoms with Crippen molar-refractivity contribution in [2.75, 3.05) is 7.11 Å². The largest absolute Gasteiger partial charge is 0.492 e. The SMILES string of the molecule is COc1c(F)c(C2(C(C)N)CC2)cc(C)c1Cl. The zero-order chi connectivity index (χ0) is 12.8. The molecule has 0 amide bonds. The van der Waals surface area contributed by atoms with Crippen molar-refractivity contribution in [2.45, 2.75) is 38.1 Å². The van der Waals surface area contributed by atoms with Gasteiger partial charge in [0.15, 0.2) is 11.6 Å². The minimum absolute atomic E-state index is 0.0673. The maximum Gasteiger partial charge on any atom is 0.173 e. The molecule has 2 rings (SSSR count). The van der Waals surface area contributed by atoms with Gasteiger partial charge in [-0.25, -0.2) is 4.39 Å². The highest BCUT2D eigenvalue weighted by Crippen LogP contribution is 2.53. The highest BCUT2D eigenvalue weighted by Gasteiger charge is 2.49. The van der Waals surface area contributed by atoms with Crippen LogP contribution in [-0.2, 0) is 5.41 Å². The van der Waals surface area contributed by atoms with E-state index < -0.39 is 0 Å². The fraction of sp³-hybridized carbons (Fsp3) is 0.538. The second kappa shape index (κ2) is 4.14. The topological polar surface area (TPSA) is 35.2 Å². The van der Waals surface area contributed by atoms with Gasteiger partial charge in [0.1, 0.15) is 0 Å². The predicted molar refractivity (Wildman–Crippen MR) is 67.3 cm³/mol. The number of aryl methyl sites for hydroxylation is 1. The van der Waals surface area contributed by atoms with Crippen molar-refractivity contribution in [2.24, 2.45) is 5.73 Å². The second-order valence-electron chi connectivity index (χ2n) is 4.85. The number of ether oxygens (including phenoxy) is 1. The summed E-state index contributed by atoms with van der Waals surface area (Å²) < 4.78 is 19.4. The Morgan fingerprint density at radius 3 is 2.53 bits per heavy atom. The van der Waals surface area contributed by atoms with Crippen molar-refractivity contribution in [3.63, 3.8) is 0 Å². The summed E-state index contributed by atoms with van der Waals surface area (Å²) in [6.45, 7) is 3.77. The molecular weight excluding hydrogens is 241 g/mol. The lowest BCUT2D eigenvalue weighted by Crippen LogP contribution is -2.32. The minimum Gasteiger partial charge on any atom is -0.492 e. The van der Waals surface area contributed by atoms with Gasteiger partial charge in [0.25, 0.3) is 0 Å². The van der Waals surface area contributed by atoms with Crippen molar-refractivity contribution >= 4 is 11.6 Å². The Balaban J connectivity index is 2.60. The molecule has 1 unspecified atom stereocenters. The minimum atomic E-state index is -0.363. The van der Waals surface area contributed by atoms with E-state index in [1.54, 1.807) is 6.07 Å². The first-order chi connectivity index (χ1) is 7.94. The van der Waals surface area contributed by atoms with Gasteiger partial charge in [-0.3, -0.25) is 0 Å². The van der Waals surface area contributed by atoms with Crippen molar-refractivity contribution in [1.82, 2.24) is 0 Å². The summed E-state index contributed by atoms with van der Waals surface area (Å²) in [6, 6.07) is 1.73. The molecule has 2 N–H and O–H groups in total. The molecule has 94 valence electrons. The van der Waals surface area contributed by atoms with Crippen LogP contribution in [0, 0.1) is 12.7 Å². The summed E-state index contributed by atoms with van der Waals surface area (Å²) in [4.78, 5) is 0. The quantitative estimate of drug-likeness (QED) is 0.903. The van der Waals surface area contributed by atoms with E-state index >= 15 is 0 Å². The van der Waals surface area contributed by atoms with Crippen LogP contribution in [0.15, 0.2) is 6.07 Å². The van der Waals surface area contributed by atoms with Crippen molar-refractivity contribution in [3.8, 4) is 5.75 Å². The molecule has 0 heterocycles. The lowest BCUT2D eigenvalue weighted by atomic mass is 9.88. The van der Waals surface area contributed by atoms with Gasteiger partial charge in [-0.05, 0) is 37.8 Å². The number of nitrogens with two attached hydrogens (primary N) is 1. The summed E-state index contributed by atoms with van der Waals surface area (Å²) in [5.41, 5.74) is 7.21. The van der Waals surface area contributed by atoms with Crippen LogP contribution in [0.4, 0.5) is 4.39 Å². The van der Waals surface area contributed by atoms with Crippen LogP contribution in [0.3, 0.4) is 0 Å². The van der Waals surface area contributed by atoms with Gasteiger partial charge in [-0.1, -0.05) is 17.7 Å². The molecule has 2 nitrogen and oxygen atoms in total. The third kappa shape index (κ3) is 1.81. The zero-order valence-electron chi connectivity index (χ0n) is 10.3. The lowest BCUT2D eigenvalue weighted by Gasteiger charge is -2.23. The van der Waals surface area contributed by atoms with Crippen LogP contribution in [-0.4, -0.2) is 13.2 Å². The molecule has 1 atom stereocenters. The van der Waals surface area contributed by atoms with Gasteiger partial charge < -0.3 is 10.5 Å². The molecule has 0 aromatic heterocycles. The Morgan fingerprint density at radius 2 is 2.12 bits per heavy atom. The van der Waals surface area contributed by atoms with Crippen LogP contribution in [0.25, 0.3) is 0 Å². The number of hydrogen-bond acceptors (Lipinski definition) is 2. The molecule has 1 aliphatic rings. The first-order valence-corrected chi connectivity index (χ1v) is 6.10. The lowest BCUT2D eigenvalue weighted by molar-refractivity contribution is 0.379. The number of hydrogen-bond donors (Lipinski definition) is 1. The first-order valence-electron chi connectivity index (χ1n) is 5.72. The van der Waals surface area contributed by atoms with Crippen LogP contribution in [0.5, 0.6) is 5.75 Å². The van der Waals surface area contributed by atoms with Crippen LogP contribution in [0.2, 0.25) is 5.02 Å². The monoisotopic (exact) mass is 257 g/mol. The van der Waals surface area contributed by atoms with Crippen molar-refractivity contribution < 1.29 is 9.13 Å². The number of halogens is 2. The molecule has 0 radical (unpaired) electrons. The molecule has 0 saturated heterocycles. The molecular formula is C13H17ClFNO. The molecule has 1 aliphatic carbocycles. The normalized spacial score (nSPS) is 18.9. The number of rotatable bonds is 3. The van der Waals surface area contributed by atoms with Gasteiger partial charge in [-0.15, -0.1) is 0 Å². The van der Waals surface area contributed by atoms with E-state index in [0.717, 1.165) is 18.4 Å². The van der Waals surface area contributed by atoms with E-state index in [4.69, 9.17) is 22.1 Å². The van der Waals surface area contributed by atoms with Crippen LogP contribution >= 0.6 is 11.6 Å². The Kier molecular flexibility index (Phi) is 3.08. The van der Waals surface area contributed by atoms with E-state index in [-0.39, 0.29) is 23.0 Å². The average molecular weight is 258 g/mol. The maximum atomic E-state index is 14.3. The van der Waals surface area contributed by atoms with Gasteiger partial charge >= 0.3 is 0 Å². The van der Waals surface area contributed by atoms with Gasteiger partial charge in [-0.2, -0.15) is 0 Å². The van der Waals surface area contributed by atoms with E-state index in [2.05, 4.69) is 0 Å². The molecule has 4 heteroatoms. The van der Waals surface area contributed by atoms with E-state index in [9.17, 15) is 4.39 Å². The average Bonchev–Trinajstić information content (AvgIpc) is 3.05. The summed E-state index contributed by atoms with van der Waals surface area (Å²) in [7, 11) is 1.43. The molecule has 0 spiro atoms. The summed E-state index contributed by atoms with van der Waals surface area (Å²) in [6.07, 6.45) is 1.84. The third-order valence-corrected chi connectivity index (χ3v) is 4.21.